The summed E-state index contributed by atoms with van der Waals surface area (Å²) in [6.07, 6.45) is 3.63. The van der Waals surface area contributed by atoms with Crippen LogP contribution in [-0.2, 0) is 10.0 Å². The van der Waals surface area contributed by atoms with Gasteiger partial charge in [-0.1, -0.05) is 12.8 Å². The number of aromatic nitrogens is 2. The first-order chi connectivity index (χ1) is 13.2. The van der Waals surface area contributed by atoms with Gasteiger partial charge in [-0.2, -0.15) is 14.1 Å². The van der Waals surface area contributed by atoms with E-state index in [1.54, 1.807) is 13.8 Å². The van der Waals surface area contributed by atoms with Crippen molar-refractivity contribution >= 4 is 21.6 Å². The van der Waals surface area contributed by atoms with Crippen LogP contribution in [0, 0.1) is 24.0 Å². The number of nitro benzene ring substituents is 1. The van der Waals surface area contributed by atoms with Crippen LogP contribution in [0.2, 0.25) is 0 Å². The first-order valence-corrected chi connectivity index (χ1v) is 10.5. The molecule has 10 heteroatoms. The molecule has 150 valence electrons. The Morgan fingerprint density at radius 1 is 1.07 bits per heavy atom. The third kappa shape index (κ3) is 3.69. The fourth-order valence-corrected chi connectivity index (χ4v) is 5.33. The molecule has 0 atom stereocenters. The zero-order valence-electron chi connectivity index (χ0n) is 15.8. The Morgan fingerprint density at radius 2 is 1.64 bits per heavy atom. The molecule has 0 radical (unpaired) electrons. The Balaban J connectivity index is 1.97. The van der Waals surface area contributed by atoms with E-state index >= 15 is 0 Å². The summed E-state index contributed by atoms with van der Waals surface area (Å²) in [5.74, 6) is -0.534. The molecule has 2 heterocycles. The molecule has 1 saturated heterocycles. The van der Waals surface area contributed by atoms with E-state index in [1.807, 2.05) is 0 Å². The van der Waals surface area contributed by atoms with Crippen molar-refractivity contribution in [1.29, 1.82) is 0 Å². The molecule has 0 saturated carbocycles. The molecule has 0 bridgehead atoms. The van der Waals surface area contributed by atoms with E-state index in [2.05, 4.69) is 5.10 Å². The number of hydrogen-bond donors (Lipinski definition) is 0. The van der Waals surface area contributed by atoms with Crippen molar-refractivity contribution in [2.24, 2.45) is 0 Å². The van der Waals surface area contributed by atoms with Crippen molar-refractivity contribution < 1.29 is 18.1 Å². The Kier molecular flexibility index (Phi) is 5.61. The smallest absolute Gasteiger partial charge is 0.267 e. The molecule has 28 heavy (non-hydrogen) atoms. The van der Waals surface area contributed by atoms with Crippen molar-refractivity contribution in [3.05, 3.63) is 51.3 Å². The normalized spacial score (nSPS) is 15.9. The lowest BCUT2D eigenvalue weighted by atomic mass is 10.2. The maximum absolute atomic E-state index is 13.2. The summed E-state index contributed by atoms with van der Waals surface area (Å²) in [6.45, 7) is 4.04. The van der Waals surface area contributed by atoms with Crippen LogP contribution < -0.4 is 0 Å². The molecule has 9 nitrogen and oxygen atoms in total. The summed E-state index contributed by atoms with van der Waals surface area (Å²) in [5.41, 5.74) is 0.561. The Morgan fingerprint density at radius 3 is 2.18 bits per heavy atom. The van der Waals surface area contributed by atoms with E-state index in [0.717, 1.165) is 30.4 Å². The number of rotatable bonds is 4. The summed E-state index contributed by atoms with van der Waals surface area (Å²) in [6, 6.07) is 5.13. The van der Waals surface area contributed by atoms with Crippen LogP contribution in [0.15, 0.2) is 29.2 Å². The average Bonchev–Trinajstić information content (AvgIpc) is 2.83. The minimum absolute atomic E-state index is 0.0599. The zero-order valence-corrected chi connectivity index (χ0v) is 16.6. The standard InChI is InChI=1S/C18H22N4O5S/c1-13-17(28(26,27)20-11-5-3-4-6-12-20)14(2)21(19-13)18(23)15-7-9-16(10-8-15)22(24)25/h7-10H,3-6,11-12H2,1-2H3. The second-order valence-electron chi connectivity index (χ2n) is 6.84. The monoisotopic (exact) mass is 406 g/mol. The number of carbonyl (C=O) groups is 1. The first-order valence-electron chi connectivity index (χ1n) is 9.09. The number of sulfonamides is 1. The molecule has 0 amide bonds. The maximum atomic E-state index is 13.2. The summed E-state index contributed by atoms with van der Waals surface area (Å²) in [7, 11) is -3.75. The van der Waals surface area contributed by atoms with Gasteiger partial charge in [0.05, 0.1) is 16.3 Å². The molecule has 1 fully saturated rings. The summed E-state index contributed by atoms with van der Waals surface area (Å²) >= 11 is 0. The van der Waals surface area contributed by atoms with Crippen molar-refractivity contribution in [2.45, 2.75) is 44.4 Å². The van der Waals surface area contributed by atoms with Crippen LogP contribution in [0.1, 0.15) is 47.4 Å². The van der Waals surface area contributed by atoms with Gasteiger partial charge >= 0.3 is 0 Å². The van der Waals surface area contributed by atoms with Gasteiger partial charge in [-0.05, 0) is 38.8 Å². The van der Waals surface area contributed by atoms with Crippen LogP contribution >= 0.6 is 0 Å². The van der Waals surface area contributed by atoms with Crippen molar-refractivity contribution in [3.8, 4) is 0 Å². The van der Waals surface area contributed by atoms with Gasteiger partial charge in [-0.3, -0.25) is 14.9 Å². The molecule has 1 aromatic heterocycles. The third-order valence-electron chi connectivity index (χ3n) is 4.91. The van der Waals surface area contributed by atoms with E-state index in [4.69, 9.17) is 0 Å². The molecule has 3 rings (SSSR count). The highest BCUT2D eigenvalue weighted by Crippen LogP contribution is 2.26. The molecular formula is C18H22N4O5S. The average molecular weight is 406 g/mol. The fraction of sp³-hybridized carbons (Fsp3) is 0.444. The van der Waals surface area contributed by atoms with Gasteiger partial charge in [0.25, 0.3) is 11.6 Å². The highest BCUT2D eigenvalue weighted by Gasteiger charge is 2.32. The second-order valence-corrected chi connectivity index (χ2v) is 8.71. The lowest BCUT2D eigenvalue weighted by Gasteiger charge is -2.20. The Hall–Kier alpha value is -2.59. The number of hydrogen-bond acceptors (Lipinski definition) is 6. The van der Waals surface area contributed by atoms with E-state index in [-0.39, 0.29) is 27.5 Å². The van der Waals surface area contributed by atoms with Crippen molar-refractivity contribution in [3.63, 3.8) is 0 Å². The van der Waals surface area contributed by atoms with Crippen LogP contribution in [0.5, 0.6) is 0 Å². The van der Waals surface area contributed by atoms with Crippen LogP contribution in [0.25, 0.3) is 0 Å². The van der Waals surface area contributed by atoms with Gasteiger partial charge in [-0.15, -0.1) is 0 Å². The minimum Gasteiger partial charge on any atom is -0.267 e. The minimum atomic E-state index is -3.75. The van der Waals surface area contributed by atoms with Gasteiger partial charge in [0.15, 0.2) is 0 Å². The van der Waals surface area contributed by atoms with Crippen LogP contribution in [0.4, 0.5) is 5.69 Å². The summed E-state index contributed by atoms with van der Waals surface area (Å²) in [4.78, 5) is 23.1. The number of non-ortho nitro benzene ring substituents is 1. The largest absolute Gasteiger partial charge is 0.278 e. The molecule has 1 aromatic carbocycles. The molecule has 0 unspecified atom stereocenters. The molecule has 0 spiro atoms. The molecule has 0 aliphatic carbocycles. The molecule has 1 aliphatic rings. The van der Waals surface area contributed by atoms with Gasteiger partial charge in [-0.25, -0.2) is 8.42 Å². The Bertz CT molecular complexity index is 1000. The van der Waals surface area contributed by atoms with Crippen LogP contribution in [0.3, 0.4) is 0 Å². The highest BCUT2D eigenvalue weighted by molar-refractivity contribution is 7.89. The van der Waals surface area contributed by atoms with Gasteiger partial charge in [0.2, 0.25) is 10.0 Å². The number of nitro groups is 1. The predicted octanol–water partition coefficient (Wildman–Crippen LogP) is 2.66. The first kappa shape index (κ1) is 20.2. The Labute approximate surface area is 163 Å². The second kappa shape index (κ2) is 7.80. The number of nitrogens with zero attached hydrogens (tertiary/aromatic N) is 4. The number of aryl methyl sites for hydroxylation is 1. The van der Waals surface area contributed by atoms with Gasteiger partial charge in [0.1, 0.15) is 4.90 Å². The van der Waals surface area contributed by atoms with Gasteiger partial charge in [0, 0.05) is 30.8 Å². The quantitative estimate of drug-likeness (QED) is 0.569. The van der Waals surface area contributed by atoms with E-state index in [9.17, 15) is 23.3 Å². The maximum Gasteiger partial charge on any atom is 0.278 e. The number of carbonyl (C=O) groups excluding carboxylic acids is 1. The highest BCUT2D eigenvalue weighted by atomic mass is 32.2. The summed E-state index contributed by atoms with van der Waals surface area (Å²) in [5, 5.41) is 14.9. The molecule has 2 aromatic rings. The topological polar surface area (TPSA) is 115 Å². The van der Waals surface area contributed by atoms with E-state index in [0.29, 0.717) is 13.1 Å². The lowest BCUT2D eigenvalue weighted by molar-refractivity contribution is -0.384. The van der Waals surface area contributed by atoms with Gasteiger partial charge < -0.3 is 0 Å². The van der Waals surface area contributed by atoms with E-state index < -0.39 is 20.9 Å². The predicted molar refractivity (Wildman–Crippen MR) is 102 cm³/mol. The lowest BCUT2D eigenvalue weighted by Crippen LogP contribution is -2.32. The number of benzene rings is 1. The van der Waals surface area contributed by atoms with Crippen molar-refractivity contribution in [2.75, 3.05) is 13.1 Å². The third-order valence-corrected chi connectivity index (χ3v) is 7.06. The van der Waals surface area contributed by atoms with Crippen LogP contribution in [-0.4, -0.2) is 46.4 Å². The SMILES string of the molecule is Cc1nn(C(=O)c2ccc([N+](=O)[O-])cc2)c(C)c1S(=O)(=O)N1CCCCCC1. The van der Waals surface area contributed by atoms with Crippen molar-refractivity contribution in [1.82, 2.24) is 14.1 Å². The summed E-state index contributed by atoms with van der Waals surface area (Å²) < 4.78 is 28.8. The molecular weight excluding hydrogens is 384 g/mol. The fourth-order valence-electron chi connectivity index (χ4n) is 3.46. The molecule has 1 aliphatic heterocycles. The zero-order chi connectivity index (χ0) is 20.5. The molecule has 0 N–H and O–H groups in total. The van der Waals surface area contributed by atoms with E-state index in [1.165, 1.54) is 28.6 Å².